The summed E-state index contributed by atoms with van der Waals surface area (Å²) < 4.78 is 20.3. The molecule has 4 heterocycles. The Bertz CT molecular complexity index is 1450. The van der Waals surface area contributed by atoms with Crippen molar-refractivity contribution in [2.45, 2.75) is 38.4 Å². The monoisotopic (exact) mass is 539 g/mol. The van der Waals surface area contributed by atoms with Gasteiger partial charge in [-0.3, -0.25) is 18.4 Å². The summed E-state index contributed by atoms with van der Waals surface area (Å²) in [6.07, 6.45) is 4.49. The molecular weight excluding hydrogens is 506 g/mol. The zero-order valence-corrected chi connectivity index (χ0v) is 22.6. The minimum atomic E-state index is -3.24. The summed E-state index contributed by atoms with van der Waals surface area (Å²) in [6.45, 7) is 6.25. The highest BCUT2D eigenvalue weighted by atomic mass is 32.2. The molecule has 1 saturated heterocycles. The van der Waals surface area contributed by atoms with Crippen LogP contribution in [0, 0.1) is 0 Å². The second kappa shape index (κ2) is 10.2. The van der Waals surface area contributed by atoms with Crippen LogP contribution >= 0.6 is 0 Å². The van der Waals surface area contributed by atoms with E-state index in [1.54, 1.807) is 16.8 Å². The third-order valence-electron chi connectivity index (χ3n) is 7.15. The fourth-order valence-electron chi connectivity index (χ4n) is 4.95. The number of hydrogen-bond donors (Lipinski definition) is 3. The summed E-state index contributed by atoms with van der Waals surface area (Å²) in [5.41, 5.74) is 4.47. The first kappa shape index (κ1) is 26.5. The molecule has 0 unspecified atom stereocenters. The first-order chi connectivity index (χ1) is 18.0. The van der Waals surface area contributed by atoms with Crippen LogP contribution in [0.5, 0.6) is 5.75 Å². The van der Waals surface area contributed by atoms with E-state index in [2.05, 4.69) is 45.4 Å². The molecule has 1 aliphatic heterocycles. The summed E-state index contributed by atoms with van der Waals surface area (Å²) in [6, 6.07) is 10.6. The van der Waals surface area contributed by atoms with Crippen molar-refractivity contribution < 1.29 is 24.3 Å². The van der Waals surface area contributed by atoms with Gasteiger partial charge < -0.3 is 20.1 Å². The maximum Gasteiger partial charge on any atom is 0.453 e. The van der Waals surface area contributed by atoms with Gasteiger partial charge in [-0.2, -0.15) is 5.10 Å². The smallest absolute Gasteiger partial charge is 0.417 e. The normalized spacial score (nSPS) is 15.8. The Hall–Kier alpha value is -3.09. The largest absolute Gasteiger partial charge is 0.453 e. The molecule has 0 atom stereocenters. The molecule has 4 aromatic rings. The minimum absolute atomic E-state index is 0.0141. The van der Waals surface area contributed by atoms with Crippen LogP contribution < -0.4 is 4.74 Å². The zero-order valence-electron chi connectivity index (χ0n) is 21.7. The number of hydrogen-bond acceptors (Lipinski definition) is 8. The van der Waals surface area contributed by atoms with Gasteiger partial charge in [-0.15, -0.1) is 0 Å². The van der Waals surface area contributed by atoms with E-state index in [9.17, 15) is 4.21 Å². The van der Waals surface area contributed by atoms with Crippen molar-refractivity contribution in [1.82, 2.24) is 24.2 Å². The second-order valence-corrected chi connectivity index (χ2v) is 12.0. The zero-order chi connectivity index (χ0) is 27.1. The Labute approximate surface area is 223 Å². The highest BCUT2D eigenvalue weighted by Crippen LogP contribution is 2.31. The Morgan fingerprint density at radius 2 is 1.74 bits per heavy atom. The lowest BCUT2D eigenvalue weighted by Gasteiger charge is -2.40. The van der Waals surface area contributed by atoms with Crippen molar-refractivity contribution in [3.8, 4) is 22.7 Å². The molecule has 0 radical (unpaired) electrons. The number of rotatable bonds is 8. The number of fused-ring (bicyclic) bond motifs is 1. The van der Waals surface area contributed by atoms with Crippen molar-refractivity contribution in [1.29, 1.82) is 0 Å². The molecule has 3 N–H and O–H groups in total. The van der Waals surface area contributed by atoms with E-state index in [1.165, 1.54) is 17.7 Å². The average Bonchev–Trinajstić information content (AvgIpc) is 3.45. The van der Waals surface area contributed by atoms with Crippen molar-refractivity contribution in [2.75, 3.05) is 24.6 Å². The third kappa shape index (κ3) is 5.82. The number of benzene rings is 1. The Balaban J connectivity index is 1.46. The maximum absolute atomic E-state index is 11.8. The predicted octanol–water partition coefficient (Wildman–Crippen LogP) is 2.17. The van der Waals surface area contributed by atoms with Gasteiger partial charge in [-0.05, 0) is 68.7 Å². The van der Waals surface area contributed by atoms with Gasteiger partial charge in [0.05, 0.1) is 17.6 Å². The molecule has 1 fully saturated rings. The van der Waals surface area contributed by atoms with Crippen LogP contribution in [0.3, 0.4) is 0 Å². The molecule has 10 nitrogen and oxygen atoms in total. The summed E-state index contributed by atoms with van der Waals surface area (Å²) >= 11 is 0. The van der Waals surface area contributed by atoms with Gasteiger partial charge in [0.15, 0.2) is 0 Å². The Morgan fingerprint density at radius 1 is 1.03 bits per heavy atom. The number of aryl methyl sites for hydroxylation is 2. The maximum atomic E-state index is 11.8. The van der Waals surface area contributed by atoms with Crippen LogP contribution in [-0.2, 0) is 24.3 Å². The molecule has 3 aromatic heterocycles. The van der Waals surface area contributed by atoms with Gasteiger partial charge in [0.25, 0.3) is 0 Å². The van der Waals surface area contributed by atoms with Gasteiger partial charge in [0.2, 0.25) is 0 Å². The number of nitrogens with zero attached hydrogens (tertiary/aromatic N) is 5. The molecule has 0 bridgehead atoms. The van der Waals surface area contributed by atoms with Gasteiger partial charge in [0, 0.05) is 71.3 Å². The van der Waals surface area contributed by atoms with Crippen LogP contribution in [0.25, 0.3) is 28.0 Å². The minimum Gasteiger partial charge on any atom is -0.417 e. The Kier molecular flexibility index (Phi) is 7.14. The van der Waals surface area contributed by atoms with Gasteiger partial charge in [-0.25, -0.2) is 4.98 Å². The predicted molar refractivity (Wildman–Crippen MR) is 145 cm³/mol. The van der Waals surface area contributed by atoms with Crippen molar-refractivity contribution >= 4 is 21.8 Å². The molecule has 202 valence electrons. The lowest BCUT2D eigenvalue weighted by molar-refractivity contribution is -0.419. The fourth-order valence-corrected chi connectivity index (χ4v) is 6.00. The fraction of sp³-hybridized carbons (Fsp3) is 0.407. The highest BCUT2D eigenvalue weighted by molar-refractivity contribution is 7.85. The molecule has 0 spiro atoms. The summed E-state index contributed by atoms with van der Waals surface area (Å²) in [7, 11) is 1.19. The standard InChI is InChI=1S/C27H33N5O5S/c1-26(2,31-12-14-38(36)15-13-31)11-10-20-17-32(21-16-28-30(3)18-21)25-23(20)8-9-24(29-25)19-4-6-22(7-5-19)37-27(33,34)35/h4-9,16-18,33-35H,10-15H2,1-3H3. The Morgan fingerprint density at radius 3 is 2.37 bits per heavy atom. The number of aromatic nitrogens is 4. The summed E-state index contributed by atoms with van der Waals surface area (Å²) in [5, 5.41) is 32.6. The van der Waals surface area contributed by atoms with Crippen molar-refractivity contribution in [2.24, 2.45) is 7.05 Å². The molecule has 1 aromatic carbocycles. The van der Waals surface area contributed by atoms with E-state index in [0.29, 0.717) is 0 Å². The lowest BCUT2D eigenvalue weighted by Crippen LogP contribution is -2.50. The molecule has 11 heteroatoms. The summed E-state index contributed by atoms with van der Waals surface area (Å²) in [5.74, 6) is 1.58. The van der Waals surface area contributed by atoms with E-state index in [1.807, 2.05) is 25.5 Å². The van der Waals surface area contributed by atoms with Gasteiger partial charge in [-0.1, -0.05) is 0 Å². The van der Waals surface area contributed by atoms with Crippen LogP contribution in [0.15, 0.2) is 55.0 Å². The van der Waals surface area contributed by atoms with Crippen molar-refractivity contribution in [3.05, 3.63) is 60.6 Å². The SMILES string of the molecule is Cn1cc(-n2cc(CCC(C)(C)N3CCS(=O)CC3)c3ccc(-c4ccc(OC(O)(O)O)cc4)nc32)cn1. The first-order valence-electron chi connectivity index (χ1n) is 12.6. The molecule has 38 heavy (non-hydrogen) atoms. The average molecular weight is 540 g/mol. The molecule has 0 saturated carbocycles. The van der Waals surface area contributed by atoms with Gasteiger partial charge >= 0.3 is 6.16 Å². The molecular formula is C27H33N5O5S. The second-order valence-electron chi connectivity index (χ2n) is 10.3. The number of ether oxygens (including phenoxy) is 1. The van der Waals surface area contributed by atoms with Crippen molar-refractivity contribution in [3.63, 3.8) is 0 Å². The molecule has 0 amide bonds. The van der Waals surface area contributed by atoms with E-state index in [4.69, 9.17) is 20.3 Å². The third-order valence-corrected chi connectivity index (χ3v) is 8.42. The quantitative estimate of drug-likeness (QED) is 0.291. The van der Waals surface area contributed by atoms with Crippen LogP contribution in [0.2, 0.25) is 0 Å². The molecule has 5 rings (SSSR count). The number of aliphatic hydroxyl groups is 3. The van der Waals surface area contributed by atoms with Gasteiger partial charge in [0.1, 0.15) is 11.4 Å². The summed E-state index contributed by atoms with van der Waals surface area (Å²) in [4.78, 5) is 7.44. The lowest BCUT2D eigenvalue weighted by atomic mass is 9.93. The van der Waals surface area contributed by atoms with E-state index in [0.717, 1.165) is 65.4 Å². The first-order valence-corrected chi connectivity index (χ1v) is 14.0. The van der Waals surface area contributed by atoms with E-state index < -0.39 is 17.0 Å². The van der Waals surface area contributed by atoms with E-state index in [-0.39, 0.29) is 11.3 Å². The molecule has 1 aliphatic rings. The van der Waals surface area contributed by atoms with Crippen LogP contribution in [-0.4, -0.2) is 80.1 Å². The topological polar surface area (TPSA) is 126 Å². The van der Waals surface area contributed by atoms with Crippen LogP contribution in [0.4, 0.5) is 0 Å². The van der Waals surface area contributed by atoms with Crippen LogP contribution in [0.1, 0.15) is 25.8 Å². The number of pyridine rings is 1. The van der Waals surface area contributed by atoms with E-state index >= 15 is 0 Å². The highest BCUT2D eigenvalue weighted by Gasteiger charge is 2.30. The molecule has 0 aliphatic carbocycles.